The van der Waals surface area contributed by atoms with Crippen LogP contribution in [-0.4, -0.2) is 18.1 Å². The van der Waals surface area contributed by atoms with Crippen molar-refractivity contribution >= 4 is 23.1 Å². The zero-order valence-corrected chi connectivity index (χ0v) is 13.0. The summed E-state index contributed by atoms with van der Waals surface area (Å²) in [5.41, 5.74) is 8.79. The van der Waals surface area contributed by atoms with E-state index in [4.69, 9.17) is 5.73 Å². The van der Waals surface area contributed by atoms with Crippen LogP contribution in [0, 0.1) is 0 Å². The molecule has 0 bridgehead atoms. The first-order valence-corrected chi connectivity index (χ1v) is 7.95. The van der Waals surface area contributed by atoms with Gasteiger partial charge in [0.2, 0.25) is 0 Å². The number of hydrogen-bond donors (Lipinski definition) is 1. The minimum atomic E-state index is -0.386. The lowest BCUT2D eigenvalue weighted by Gasteiger charge is -2.01. The molecule has 0 aliphatic rings. The maximum Gasteiger partial charge on any atom is 0.180 e. The van der Waals surface area contributed by atoms with Crippen LogP contribution in [0.1, 0.15) is 16.7 Å². The lowest BCUT2D eigenvalue weighted by atomic mass is 10.1. The van der Waals surface area contributed by atoms with Crippen LogP contribution in [0.3, 0.4) is 0 Å². The molecule has 3 nitrogen and oxygen atoms in total. The molecule has 0 unspecified atom stereocenters. The third kappa shape index (κ3) is 5.33. The van der Waals surface area contributed by atoms with Crippen molar-refractivity contribution in [2.24, 2.45) is 15.9 Å². The van der Waals surface area contributed by atoms with Crippen molar-refractivity contribution in [2.45, 2.75) is 12.2 Å². The van der Waals surface area contributed by atoms with Gasteiger partial charge < -0.3 is 5.73 Å². The predicted octanol–water partition coefficient (Wildman–Crippen LogP) is 3.78. The normalized spacial score (nSPS) is 12.0. The Morgan fingerprint density at radius 2 is 1.82 bits per heavy atom. The van der Waals surface area contributed by atoms with Crippen LogP contribution in [0.5, 0.6) is 0 Å². The van der Waals surface area contributed by atoms with Crippen LogP contribution in [-0.2, 0) is 12.2 Å². The minimum absolute atomic E-state index is 0.379. The molecule has 0 radical (unpaired) electrons. The number of alkyl halides is 1. The maximum absolute atomic E-state index is 12.5. The fraction of sp³-hybridized carbons (Fsp3) is 0.176. The third-order valence-electron chi connectivity index (χ3n) is 3.00. The molecule has 0 saturated carbocycles. The second kappa shape index (κ2) is 9.00. The van der Waals surface area contributed by atoms with Gasteiger partial charge in [-0.3, -0.25) is 4.39 Å². The molecule has 114 valence electrons. The van der Waals surface area contributed by atoms with Crippen LogP contribution in [0.4, 0.5) is 4.39 Å². The summed E-state index contributed by atoms with van der Waals surface area (Å²) in [6.45, 7) is -0.386. The Hall–Kier alpha value is -2.14. The monoisotopic (exact) mass is 315 g/mol. The van der Waals surface area contributed by atoms with Crippen molar-refractivity contribution in [1.29, 1.82) is 0 Å². The number of nitrogens with zero attached hydrogens (tertiary/aromatic N) is 2. The van der Waals surface area contributed by atoms with Gasteiger partial charge in [0.15, 0.2) is 5.17 Å². The molecule has 2 rings (SSSR count). The number of thioether (sulfide) groups is 1. The molecular weight excluding hydrogens is 297 g/mol. The van der Waals surface area contributed by atoms with E-state index in [9.17, 15) is 4.39 Å². The zero-order valence-electron chi connectivity index (χ0n) is 12.2. The van der Waals surface area contributed by atoms with Gasteiger partial charge in [0.05, 0.1) is 12.9 Å². The molecule has 2 aromatic carbocycles. The van der Waals surface area contributed by atoms with E-state index in [1.54, 1.807) is 6.21 Å². The summed E-state index contributed by atoms with van der Waals surface area (Å²) in [5, 5.41) is 8.37. The van der Waals surface area contributed by atoms with E-state index in [0.717, 1.165) is 16.9 Å². The second-order valence-corrected chi connectivity index (χ2v) is 5.59. The summed E-state index contributed by atoms with van der Waals surface area (Å²) >= 11 is 1.43. The summed E-state index contributed by atoms with van der Waals surface area (Å²) < 4.78 is 12.5. The van der Waals surface area contributed by atoms with Crippen LogP contribution in [0.25, 0.3) is 0 Å². The quantitative estimate of drug-likeness (QED) is 0.501. The average molecular weight is 315 g/mol. The highest BCUT2D eigenvalue weighted by Gasteiger charge is 1.99. The molecule has 0 fully saturated rings. The number of aryl methyl sites for hydroxylation is 1. The van der Waals surface area contributed by atoms with E-state index in [1.165, 1.54) is 17.3 Å². The van der Waals surface area contributed by atoms with Crippen molar-refractivity contribution in [3.8, 4) is 0 Å². The Morgan fingerprint density at radius 1 is 1.09 bits per heavy atom. The zero-order chi connectivity index (χ0) is 15.6. The minimum Gasteiger partial charge on any atom is -0.377 e. The number of hydrogen-bond acceptors (Lipinski definition) is 3. The third-order valence-corrected chi connectivity index (χ3v) is 3.86. The Morgan fingerprint density at radius 3 is 2.59 bits per heavy atom. The van der Waals surface area contributed by atoms with E-state index < -0.39 is 0 Å². The summed E-state index contributed by atoms with van der Waals surface area (Å²) in [5.74, 6) is 0.754. The first-order valence-electron chi connectivity index (χ1n) is 6.96. The van der Waals surface area contributed by atoms with Gasteiger partial charge in [0.25, 0.3) is 0 Å². The van der Waals surface area contributed by atoms with Gasteiger partial charge in [-0.1, -0.05) is 66.4 Å². The highest BCUT2D eigenvalue weighted by molar-refractivity contribution is 8.13. The molecule has 0 aliphatic carbocycles. The highest BCUT2D eigenvalue weighted by atomic mass is 32.2. The first-order chi connectivity index (χ1) is 10.8. The Kier molecular flexibility index (Phi) is 6.64. The van der Waals surface area contributed by atoms with E-state index >= 15 is 0 Å². The van der Waals surface area contributed by atoms with E-state index in [-0.39, 0.29) is 6.67 Å². The van der Waals surface area contributed by atoms with E-state index in [0.29, 0.717) is 11.6 Å². The van der Waals surface area contributed by atoms with Crippen molar-refractivity contribution in [1.82, 2.24) is 0 Å². The Balaban J connectivity index is 1.93. The standard InChI is InChI=1S/C17H18FN3S/c18-11-10-15-8-4-5-9-16(15)12-20-21-17(19)22-13-14-6-2-1-3-7-14/h1-9,12H,10-11,13H2,(H2,19,21). The molecular formula is C17H18FN3S. The van der Waals surface area contributed by atoms with Gasteiger partial charge in [0, 0.05) is 12.2 Å². The van der Waals surface area contributed by atoms with Crippen LogP contribution < -0.4 is 5.73 Å². The predicted molar refractivity (Wildman–Crippen MR) is 93.1 cm³/mol. The van der Waals surface area contributed by atoms with Crippen LogP contribution in [0.2, 0.25) is 0 Å². The first kappa shape index (κ1) is 16.2. The molecule has 0 aliphatic heterocycles. The maximum atomic E-state index is 12.5. The molecule has 2 N–H and O–H groups in total. The van der Waals surface area contributed by atoms with Gasteiger partial charge >= 0.3 is 0 Å². The van der Waals surface area contributed by atoms with Gasteiger partial charge in [0.1, 0.15) is 0 Å². The number of amidine groups is 1. The second-order valence-electron chi connectivity index (χ2n) is 4.59. The van der Waals surface area contributed by atoms with Crippen molar-refractivity contribution < 1.29 is 4.39 Å². The fourth-order valence-electron chi connectivity index (χ4n) is 1.90. The van der Waals surface area contributed by atoms with Gasteiger partial charge in [-0.25, -0.2) is 0 Å². The molecule has 0 aromatic heterocycles. The molecule has 22 heavy (non-hydrogen) atoms. The van der Waals surface area contributed by atoms with Crippen LogP contribution in [0.15, 0.2) is 64.8 Å². The van der Waals surface area contributed by atoms with Crippen molar-refractivity contribution in [3.05, 3.63) is 71.3 Å². The molecule has 0 atom stereocenters. The average Bonchev–Trinajstić information content (AvgIpc) is 2.56. The van der Waals surface area contributed by atoms with E-state index in [1.807, 2.05) is 54.6 Å². The number of halogens is 1. The number of benzene rings is 2. The van der Waals surface area contributed by atoms with Gasteiger partial charge in [-0.15, -0.1) is 5.10 Å². The summed E-state index contributed by atoms with van der Waals surface area (Å²) in [6, 6.07) is 17.6. The summed E-state index contributed by atoms with van der Waals surface area (Å²) in [6.07, 6.45) is 1.99. The topological polar surface area (TPSA) is 50.7 Å². The largest absolute Gasteiger partial charge is 0.377 e. The molecule has 0 spiro atoms. The van der Waals surface area contributed by atoms with Crippen LogP contribution >= 0.6 is 11.8 Å². The highest BCUT2D eigenvalue weighted by Crippen LogP contribution is 2.12. The number of nitrogens with two attached hydrogens (primary N) is 1. The summed E-state index contributed by atoms with van der Waals surface area (Å²) in [7, 11) is 0. The smallest absolute Gasteiger partial charge is 0.180 e. The lowest BCUT2D eigenvalue weighted by Crippen LogP contribution is -2.06. The Labute approximate surface area is 134 Å². The molecule has 0 saturated heterocycles. The Bertz CT molecular complexity index is 641. The van der Waals surface area contributed by atoms with E-state index in [2.05, 4.69) is 10.2 Å². The van der Waals surface area contributed by atoms with Crippen molar-refractivity contribution in [3.63, 3.8) is 0 Å². The lowest BCUT2D eigenvalue weighted by molar-refractivity contribution is 0.495. The number of rotatable bonds is 6. The summed E-state index contributed by atoms with van der Waals surface area (Å²) in [4.78, 5) is 0. The molecule has 0 heterocycles. The molecule has 5 heteroatoms. The van der Waals surface area contributed by atoms with Gasteiger partial charge in [-0.2, -0.15) is 5.10 Å². The van der Waals surface area contributed by atoms with Gasteiger partial charge in [-0.05, 0) is 16.7 Å². The fourth-order valence-corrected chi connectivity index (χ4v) is 2.51. The SMILES string of the molecule is NC(=NN=Cc1ccccc1CCF)SCc1ccccc1. The van der Waals surface area contributed by atoms with Crippen molar-refractivity contribution in [2.75, 3.05) is 6.67 Å². The molecule has 2 aromatic rings. The molecule has 0 amide bonds.